The van der Waals surface area contributed by atoms with E-state index in [4.69, 9.17) is 38.1 Å². The van der Waals surface area contributed by atoms with Crippen molar-refractivity contribution < 1.29 is 61.9 Å². The minimum Gasteiger partial charge on any atom is -0.382 e. The number of aromatic amines is 1. The lowest BCUT2D eigenvalue weighted by molar-refractivity contribution is -0.136. The van der Waals surface area contributed by atoms with Crippen molar-refractivity contribution in [2.24, 2.45) is 0 Å². The largest absolute Gasteiger partial charge is 0.382 e. The van der Waals surface area contributed by atoms with E-state index in [-0.39, 0.29) is 53.9 Å². The third-order valence-electron chi connectivity index (χ3n) is 17.9. The Morgan fingerprint density at radius 1 is 0.729 bits per heavy atom. The summed E-state index contributed by atoms with van der Waals surface area (Å²) in [6.45, 7) is 19.0. The molecule has 6 amide bonds. The van der Waals surface area contributed by atoms with Gasteiger partial charge in [0.1, 0.15) is 11.9 Å². The summed E-state index contributed by atoms with van der Waals surface area (Å²) in [6, 6.07) is 14.3. The van der Waals surface area contributed by atoms with Gasteiger partial charge in [-0.2, -0.15) is 0 Å². The highest BCUT2D eigenvalue weighted by Gasteiger charge is 2.45. The van der Waals surface area contributed by atoms with Crippen LogP contribution in [0.5, 0.6) is 0 Å². The number of H-pyrrole nitrogens is 1. The topological polar surface area (TPSA) is 293 Å². The number of amides is 6. The lowest BCUT2D eigenvalue weighted by Gasteiger charge is -2.37. The van der Waals surface area contributed by atoms with Gasteiger partial charge in [-0.05, 0) is 125 Å². The number of nitrogens with zero attached hydrogens (tertiary/aromatic N) is 8. The fourth-order valence-corrected chi connectivity index (χ4v) is 12.6. The maximum absolute atomic E-state index is 14.0. The maximum Gasteiger partial charge on any atom is 0.264 e. The van der Waals surface area contributed by atoms with Crippen LogP contribution in [0.25, 0.3) is 11.1 Å². The molecule has 0 aliphatic carbocycles. The molecule has 5 aromatic rings. The molecule has 0 spiro atoms. The third-order valence-corrected chi connectivity index (χ3v) is 17.9. The van der Waals surface area contributed by atoms with Gasteiger partial charge >= 0.3 is 0 Å². The zero-order valence-corrected chi connectivity index (χ0v) is 56.3. The van der Waals surface area contributed by atoms with E-state index in [1.54, 1.807) is 18.2 Å². The van der Waals surface area contributed by atoms with E-state index in [0.717, 1.165) is 114 Å². The van der Waals surface area contributed by atoms with Crippen LogP contribution in [0.4, 0.5) is 17.2 Å². The third kappa shape index (κ3) is 20.5. The lowest BCUT2D eigenvalue weighted by atomic mass is 9.95. The van der Waals surface area contributed by atoms with Gasteiger partial charge in [0, 0.05) is 124 Å². The number of aryl methyl sites for hydroxylation is 3. The van der Waals surface area contributed by atoms with Gasteiger partial charge in [-0.3, -0.25) is 43.8 Å². The summed E-state index contributed by atoms with van der Waals surface area (Å²) in [5.74, 6) is -1.36. The first-order valence-electron chi connectivity index (χ1n) is 34.2. The molecule has 2 aromatic carbocycles. The first-order valence-corrected chi connectivity index (χ1v) is 34.2. The molecule has 3 aromatic heterocycles. The van der Waals surface area contributed by atoms with E-state index >= 15 is 0 Å². The van der Waals surface area contributed by atoms with Crippen molar-refractivity contribution in [3.05, 3.63) is 116 Å². The molecule has 96 heavy (non-hydrogen) atoms. The van der Waals surface area contributed by atoms with Crippen LogP contribution in [0.3, 0.4) is 0 Å². The van der Waals surface area contributed by atoms with Gasteiger partial charge in [-0.1, -0.05) is 37.0 Å². The zero-order chi connectivity index (χ0) is 67.6. The molecule has 0 bridgehead atoms. The van der Waals surface area contributed by atoms with E-state index in [1.165, 1.54) is 0 Å². The molecule has 26 heteroatoms. The number of piperazine rings is 1. The summed E-state index contributed by atoms with van der Waals surface area (Å²) in [5, 5.41) is 17.0. The number of nitrogens with one attached hydrogen (secondary N) is 4. The fraction of sp³-hybridized carbons (Fsp3) is 0.571. The molecule has 7 heterocycles. The van der Waals surface area contributed by atoms with Gasteiger partial charge in [0.25, 0.3) is 23.3 Å². The molecule has 3 saturated heterocycles. The van der Waals surface area contributed by atoms with E-state index in [1.807, 2.05) is 60.9 Å². The van der Waals surface area contributed by atoms with Crippen LogP contribution < -0.4 is 31.3 Å². The number of carbonyl (C=O) groups is 6. The van der Waals surface area contributed by atoms with Crippen LogP contribution in [0.2, 0.25) is 0 Å². The van der Waals surface area contributed by atoms with Crippen molar-refractivity contribution in [3.8, 4) is 11.1 Å². The standard InChI is InChI=1S/C70H96N12O14/c1-5-81(55-21-29-90-30-22-55)61-45-53(44-57(51(61)4)66(85)73-47-58-49(2)43-50(3)74-67(58)86)52-17-19-62(72-46-52)78-24-26-79(27-25-78)64(84)16-11-9-7-6-8-10-13-54-48-80(77-76-54)28-32-92-34-36-94-38-40-96-42-41-95-39-37-93-35-33-91-31-23-71-59-15-12-14-56-65(59)70(89)82(69(56)88)60-18-20-63(83)75-68(60)87/h12,14-15,17,19,43-46,48,55,60,71H,5-11,13,16,18,20-42,47H2,1-4H3,(H,73,85)(H,74,86)(H,75,83,87). The summed E-state index contributed by atoms with van der Waals surface area (Å²) in [4.78, 5) is 106. The second-order valence-electron chi connectivity index (χ2n) is 24.6. The highest BCUT2D eigenvalue weighted by Crippen LogP contribution is 2.36. The van der Waals surface area contributed by atoms with Crippen LogP contribution >= 0.6 is 0 Å². The molecular weight excluding hydrogens is 1230 g/mol. The quantitative estimate of drug-likeness (QED) is 0.0254. The van der Waals surface area contributed by atoms with E-state index in [9.17, 15) is 33.6 Å². The monoisotopic (exact) mass is 1330 g/mol. The van der Waals surface area contributed by atoms with E-state index in [2.05, 4.69) is 60.1 Å². The van der Waals surface area contributed by atoms with Crippen molar-refractivity contribution in [2.45, 2.75) is 130 Å². The predicted molar refractivity (Wildman–Crippen MR) is 360 cm³/mol. The van der Waals surface area contributed by atoms with Gasteiger partial charge in [0.05, 0.1) is 103 Å². The number of anilines is 3. The van der Waals surface area contributed by atoms with Crippen LogP contribution in [0.1, 0.15) is 137 Å². The Labute approximate surface area is 561 Å². The lowest BCUT2D eigenvalue weighted by Crippen LogP contribution is -2.54. The molecule has 1 unspecified atom stereocenters. The van der Waals surface area contributed by atoms with Crippen LogP contribution in [0, 0.1) is 20.8 Å². The highest BCUT2D eigenvalue weighted by molar-refractivity contribution is 6.25. The average Bonchev–Trinajstić information content (AvgIpc) is 1.52. The van der Waals surface area contributed by atoms with Gasteiger partial charge in [-0.15, -0.1) is 5.10 Å². The first kappa shape index (κ1) is 72.3. The highest BCUT2D eigenvalue weighted by atomic mass is 16.6. The normalized spacial score (nSPS) is 16.0. The molecule has 520 valence electrons. The Bertz CT molecular complexity index is 3440. The number of imide groups is 2. The van der Waals surface area contributed by atoms with Crippen molar-refractivity contribution in [3.63, 3.8) is 0 Å². The summed E-state index contributed by atoms with van der Waals surface area (Å²) in [7, 11) is 0. The van der Waals surface area contributed by atoms with Crippen LogP contribution in [-0.2, 0) is 67.1 Å². The van der Waals surface area contributed by atoms with E-state index < -0.39 is 29.7 Å². The predicted octanol–water partition coefficient (Wildman–Crippen LogP) is 6.12. The first-order chi connectivity index (χ1) is 46.8. The number of pyridine rings is 2. The van der Waals surface area contributed by atoms with Gasteiger partial charge in [0.2, 0.25) is 17.7 Å². The van der Waals surface area contributed by atoms with Crippen LogP contribution in [0.15, 0.2) is 65.7 Å². The molecule has 4 aliphatic rings. The molecule has 1 atom stereocenters. The summed E-state index contributed by atoms with van der Waals surface area (Å²) >= 11 is 0. The number of unbranched alkanes of at least 4 members (excludes halogenated alkanes) is 5. The molecule has 4 aliphatic heterocycles. The smallest absolute Gasteiger partial charge is 0.264 e. The van der Waals surface area contributed by atoms with Gasteiger partial charge in [0.15, 0.2) is 0 Å². The minimum atomic E-state index is -1.02. The number of rotatable bonds is 40. The Kier molecular flexibility index (Phi) is 28.2. The number of hydrogen-bond acceptors (Lipinski definition) is 20. The second kappa shape index (κ2) is 37.5. The number of hydrogen-bond donors (Lipinski definition) is 4. The number of carbonyl (C=O) groups excluding carboxylic acids is 6. The zero-order valence-electron chi connectivity index (χ0n) is 56.3. The van der Waals surface area contributed by atoms with Crippen LogP contribution in [-0.4, -0.2) is 214 Å². The number of aromatic nitrogens is 5. The number of ether oxygens (including phenoxy) is 7. The summed E-state index contributed by atoms with van der Waals surface area (Å²) in [5.41, 5.74) is 8.07. The molecule has 0 saturated carbocycles. The number of benzene rings is 2. The van der Waals surface area contributed by atoms with Crippen molar-refractivity contribution in [1.82, 2.24) is 45.4 Å². The average molecular weight is 1330 g/mol. The molecule has 3 fully saturated rings. The summed E-state index contributed by atoms with van der Waals surface area (Å²) < 4.78 is 41.2. The maximum atomic E-state index is 14.0. The van der Waals surface area contributed by atoms with Gasteiger partial charge < -0.3 is 63.5 Å². The van der Waals surface area contributed by atoms with E-state index in [0.29, 0.717) is 155 Å². The molecular formula is C70H96N12O14. The SMILES string of the molecule is CCN(c1cc(-c2ccc(N3CCN(C(=O)CCCCCCCCc4cn(CCOCCOCCOCCOCCOCCOCCNc5cccc6c5C(=O)N(C5CCC(=O)NC5=O)C6=O)nn4)CC3)nc2)cc(C(=O)NCc2c(C)cc(C)[nH]c2=O)c1C)C1CCOCC1. The Balaban J connectivity index is 0.546. The van der Waals surface area contributed by atoms with Crippen molar-refractivity contribution >= 4 is 52.6 Å². The summed E-state index contributed by atoms with van der Waals surface area (Å²) in [6.07, 6.45) is 13.5. The molecule has 9 rings (SSSR count). The van der Waals surface area contributed by atoms with Crippen molar-refractivity contribution in [1.29, 1.82) is 0 Å². The molecule has 0 radical (unpaired) electrons. The fourth-order valence-electron chi connectivity index (χ4n) is 12.6. The molecule has 26 nitrogen and oxygen atoms in total. The number of piperidine rings is 1. The minimum absolute atomic E-state index is 0.0577. The Morgan fingerprint density at radius 3 is 2.05 bits per heavy atom. The Morgan fingerprint density at radius 2 is 1.40 bits per heavy atom. The molecule has 4 N–H and O–H groups in total. The Hall–Kier alpha value is -7.98. The van der Waals surface area contributed by atoms with Crippen molar-refractivity contribution in [2.75, 3.05) is 147 Å². The van der Waals surface area contributed by atoms with Gasteiger partial charge in [-0.25, -0.2) is 9.67 Å². The second-order valence-corrected chi connectivity index (χ2v) is 24.6. The number of fused-ring (bicyclic) bond motifs is 1.